The molecule has 0 spiro atoms. The van der Waals surface area contributed by atoms with E-state index in [0.29, 0.717) is 0 Å². The molecule has 0 fully saturated rings. The van der Waals surface area contributed by atoms with Crippen molar-refractivity contribution in [2.75, 3.05) is 0 Å². The summed E-state index contributed by atoms with van der Waals surface area (Å²) in [5.41, 5.74) is 5.61. The summed E-state index contributed by atoms with van der Waals surface area (Å²) in [5.74, 6) is 5.61. The van der Waals surface area contributed by atoms with E-state index < -0.39 is 0 Å². The second-order valence-corrected chi connectivity index (χ2v) is 3.84. The highest BCUT2D eigenvalue weighted by Crippen LogP contribution is 2.30. The smallest absolute Gasteiger partial charge is 0.134 e. The van der Waals surface area contributed by atoms with Crippen molar-refractivity contribution in [3.05, 3.63) is 60.2 Å². The van der Waals surface area contributed by atoms with Gasteiger partial charge in [-0.05, 0) is 12.1 Å². The fraction of sp³-hybridized carbons (Fsp3) is 0.0769. The van der Waals surface area contributed by atoms with Gasteiger partial charge in [0.1, 0.15) is 5.58 Å². The molecule has 0 aliphatic carbocycles. The van der Waals surface area contributed by atoms with Crippen molar-refractivity contribution in [2.24, 2.45) is 5.84 Å². The standard InChI is InChI=1S/C13H12N2O2/c14-15-13(9-5-6-16-7-9)11-8-17-12-4-2-1-3-10(11)12/h1-8,13,15H,14H2. The van der Waals surface area contributed by atoms with Crippen molar-refractivity contribution in [2.45, 2.75) is 6.04 Å². The van der Waals surface area contributed by atoms with Gasteiger partial charge in [0.25, 0.3) is 0 Å². The Hall–Kier alpha value is -2.04. The predicted octanol–water partition coefficient (Wildman–Crippen LogP) is 2.58. The van der Waals surface area contributed by atoms with Crippen LogP contribution in [-0.4, -0.2) is 0 Å². The first-order valence-corrected chi connectivity index (χ1v) is 5.34. The summed E-state index contributed by atoms with van der Waals surface area (Å²) < 4.78 is 10.6. The number of para-hydroxylation sites is 1. The lowest BCUT2D eigenvalue weighted by atomic mass is 10.0. The van der Waals surface area contributed by atoms with Gasteiger partial charge >= 0.3 is 0 Å². The van der Waals surface area contributed by atoms with E-state index >= 15 is 0 Å². The third-order valence-electron chi connectivity index (χ3n) is 2.87. The maximum atomic E-state index is 5.61. The lowest BCUT2D eigenvalue weighted by Crippen LogP contribution is -2.28. The fourth-order valence-corrected chi connectivity index (χ4v) is 2.03. The summed E-state index contributed by atoms with van der Waals surface area (Å²) in [4.78, 5) is 0. The molecule has 0 radical (unpaired) electrons. The van der Waals surface area contributed by atoms with Crippen molar-refractivity contribution >= 4 is 11.0 Å². The van der Waals surface area contributed by atoms with Gasteiger partial charge in [0.15, 0.2) is 0 Å². The number of fused-ring (bicyclic) bond motifs is 1. The molecule has 3 N–H and O–H groups in total. The molecule has 2 aromatic heterocycles. The zero-order chi connectivity index (χ0) is 11.7. The Kier molecular flexibility index (Phi) is 2.44. The van der Waals surface area contributed by atoms with E-state index in [1.165, 1.54) is 0 Å². The summed E-state index contributed by atoms with van der Waals surface area (Å²) in [6.07, 6.45) is 5.02. The second kappa shape index (κ2) is 4.08. The van der Waals surface area contributed by atoms with Crippen molar-refractivity contribution < 1.29 is 8.83 Å². The summed E-state index contributed by atoms with van der Waals surface area (Å²) in [5, 5.41) is 1.05. The Balaban J connectivity index is 2.13. The van der Waals surface area contributed by atoms with Gasteiger partial charge in [-0.2, -0.15) is 0 Å². The molecule has 17 heavy (non-hydrogen) atoms. The van der Waals surface area contributed by atoms with E-state index in [1.54, 1.807) is 18.8 Å². The van der Waals surface area contributed by atoms with Gasteiger partial charge in [-0.1, -0.05) is 18.2 Å². The molecule has 3 rings (SSSR count). The van der Waals surface area contributed by atoms with Gasteiger partial charge in [0.2, 0.25) is 0 Å². The van der Waals surface area contributed by atoms with Crippen LogP contribution in [0.4, 0.5) is 0 Å². The monoisotopic (exact) mass is 228 g/mol. The Morgan fingerprint density at radius 2 is 2.00 bits per heavy atom. The Morgan fingerprint density at radius 3 is 2.76 bits per heavy atom. The SMILES string of the molecule is NNC(c1ccoc1)c1coc2ccccc12. The third kappa shape index (κ3) is 1.63. The molecule has 0 bridgehead atoms. The Labute approximate surface area is 98.0 Å². The molecule has 1 unspecified atom stereocenters. The van der Waals surface area contributed by atoms with Crippen LogP contribution in [0.25, 0.3) is 11.0 Å². The number of hydrogen-bond donors (Lipinski definition) is 2. The molecule has 4 heteroatoms. The predicted molar refractivity (Wildman–Crippen MR) is 64.1 cm³/mol. The highest BCUT2D eigenvalue weighted by atomic mass is 16.3. The minimum absolute atomic E-state index is 0.127. The number of nitrogens with one attached hydrogen (secondary N) is 1. The molecular formula is C13H12N2O2. The second-order valence-electron chi connectivity index (χ2n) is 3.84. The Bertz CT molecular complexity index is 613. The molecule has 1 atom stereocenters. The minimum atomic E-state index is -0.127. The number of hydrogen-bond acceptors (Lipinski definition) is 4. The molecule has 3 aromatic rings. The van der Waals surface area contributed by atoms with Crippen LogP contribution in [0.3, 0.4) is 0 Å². The number of hydrazine groups is 1. The molecule has 2 heterocycles. The van der Waals surface area contributed by atoms with Crippen LogP contribution in [0.15, 0.2) is 58.0 Å². The average molecular weight is 228 g/mol. The van der Waals surface area contributed by atoms with E-state index in [2.05, 4.69) is 5.43 Å². The Morgan fingerprint density at radius 1 is 1.12 bits per heavy atom. The molecule has 0 saturated heterocycles. The number of nitrogens with two attached hydrogens (primary N) is 1. The van der Waals surface area contributed by atoms with Gasteiger partial charge in [-0.15, -0.1) is 0 Å². The number of rotatable bonds is 3. The molecule has 0 saturated carbocycles. The van der Waals surface area contributed by atoms with E-state index in [9.17, 15) is 0 Å². The van der Waals surface area contributed by atoms with Crippen molar-refractivity contribution in [1.82, 2.24) is 5.43 Å². The van der Waals surface area contributed by atoms with Crippen molar-refractivity contribution in [1.29, 1.82) is 0 Å². The topological polar surface area (TPSA) is 64.3 Å². The third-order valence-corrected chi connectivity index (χ3v) is 2.87. The van der Waals surface area contributed by atoms with E-state index in [-0.39, 0.29) is 6.04 Å². The zero-order valence-electron chi connectivity index (χ0n) is 9.09. The van der Waals surface area contributed by atoms with Crippen LogP contribution >= 0.6 is 0 Å². The largest absolute Gasteiger partial charge is 0.472 e. The molecule has 4 nitrogen and oxygen atoms in total. The molecule has 86 valence electrons. The number of furan rings is 2. The van der Waals surface area contributed by atoms with Crippen molar-refractivity contribution in [3.63, 3.8) is 0 Å². The fourth-order valence-electron chi connectivity index (χ4n) is 2.03. The molecule has 0 amide bonds. The van der Waals surface area contributed by atoms with Crippen LogP contribution in [0.1, 0.15) is 17.2 Å². The van der Waals surface area contributed by atoms with E-state index in [1.807, 2.05) is 30.3 Å². The van der Waals surface area contributed by atoms with Crippen LogP contribution in [0, 0.1) is 0 Å². The van der Waals surface area contributed by atoms with Crippen molar-refractivity contribution in [3.8, 4) is 0 Å². The first-order valence-electron chi connectivity index (χ1n) is 5.34. The van der Waals surface area contributed by atoms with Gasteiger partial charge in [0.05, 0.1) is 24.8 Å². The van der Waals surface area contributed by atoms with Crippen LogP contribution in [0.5, 0.6) is 0 Å². The maximum Gasteiger partial charge on any atom is 0.134 e. The summed E-state index contributed by atoms with van der Waals surface area (Å²) in [6.45, 7) is 0. The summed E-state index contributed by atoms with van der Waals surface area (Å²) in [7, 11) is 0. The van der Waals surface area contributed by atoms with E-state index in [0.717, 1.165) is 22.1 Å². The highest BCUT2D eigenvalue weighted by Gasteiger charge is 2.18. The first-order chi connectivity index (χ1) is 8.40. The molecular weight excluding hydrogens is 216 g/mol. The van der Waals surface area contributed by atoms with E-state index in [4.69, 9.17) is 14.7 Å². The summed E-state index contributed by atoms with van der Waals surface area (Å²) >= 11 is 0. The number of benzene rings is 1. The van der Waals surface area contributed by atoms with Gasteiger partial charge < -0.3 is 8.83 Å². The van der Waals surface area contributed by atoms with Crippen LogP contribution in [0.2, 0.25) is 0 Å². The summed E-state index contributed by atoms with van der Waals surface area (Å²) in [6, 6.07) is 9.62. The zero-order valence-corrected chi connectivity index (χ0v) is 9.09. The van der Waals surface area contributed by atoms with Gasteiger partial charge in [-0.25, -0.2) is 5.43 Å². The lowest BCUT2D eigenvalue weighted by molar-refractivity contribution is 0.550. The van der Waals surface area contributed by atoms with Gasteiger partial charge in [-0.3, -0.25) is 5.84 Å². The highest BCUT2D eigenvalue weighted by molar-refractivity contribution is 5.81. The normalized spacial score (nSPS) is 13.0. The molecule has 1 aromatic carbocycles. The quantitative estimate of drug-likeness (QED) is 0.534. The lowest BCUT2D eigenvalue weighted by Gasteiger charge is -2.12. The maximum absolute atomic E-state index is 5.61. The van der Waals surface area contributed by atoms with Crippen LogP contribution in [-0.2, 0) is 0 Å². The van der Waals surface area contributed by atoms with Gasteiger partial charge in [0, 0.05) is 16.5 Å². The van der Waals surface area contributed by atoms with Crippen LogP contribution < -0.4 is 11.3 Å². The average Bonchev–Trinajstić information content (AvgIpc) is 3.01. The first kappa shape index (κ1) is 10.1. The minimum Gasteiger partial charge on any atom is -0.472 e. The molecule has 0 aliphatic heterocycles. The molecule has 0 aliphatic rings.